The van der Waals surface area contributed by atoms with Gasteiger partial charge in [-0.1, -0.05) is 12.1 Å². The third-order valence-corrected chi connectivity index (χ3v) is 4.96. The number of benzene rings is 1. The van der Waals surface area contributed by atoms with E-state index < -0.39 is 11.7 Å². The number of pyridine rings is 1. The first kappa shape index (κ1) is 20.2. The molecule has 1 fully saturated rings. The van der Waals surface area contributed by atoms with Crippen LogP contribution in [0.1, 0.15) is 29.7 Å². The van der Waals surface area contributed by atoms with Crippen molar-refractivity contribution in [2.45, 2.75) is 32.4 Å². The number of rotatable bonds is 5. The predicted molar refractivity (Wildman–Crippen MR) is 98.9 cm³/mol. The van der Waals surface area contributed by atoms with Crippen LogP contribution in [0.25, 0.3) is 0 Å². The maximum Gasteiger partial charge on any atom is 0.416 e. The molecular weight excluding hydrogens is 369 g/mol. The third-order valence-electron chi connectivity index (χ3n) is 4.96. The normalized spacial score (nSPS) is 15.5. The number of hydrogen-bond acceptors (Lipinski definition) is 3. The van der Waals surface area contributed by atoms with Crippen molar-refractivity contribution >= 4 is 5.91 Å². The Morgan fingerprint density at radius 2 is 1.86 bits per heavy atom. The topological polar surface area (TPSA) is 42.4 Å². The molecule has 2 aromatic rings. The standard InChI is InChI=1S/C21H23F3N2O2/c1-15-12-19(6-9-25-15)28-14-17-7-10-26(11-8-17)20(27)13-16-2-4-18(5-3-16)21(22,23)24/h2-6,9,12,17H,7-8,10-11,13-14H2,1H3. The summed E-state index contributed by atoms with van der Waals surface area (Å²) in [5.41, 5.74) is 0.798. The zero-order chi connectivity index (χ0) is 20.1. The van der Waals surface area contributed by atoms with Crippen molar-refractivity contribution in [1.82, 2.24) is 9.88 Å². The van der Waals surface area contributed by atoms with E-state index in [-0.39, 0.29) is 12.3 Å². The van der Waals surface area contributed by atoms with Gasteiger partial charge < -0.3 is 9.64 Å². The second-order valence-electron chi connectivity index (χ2n) is 7.14. The molecule has 1 aromatic carbocycles. The maximum atomic E-state index is 12.6. The van der Waals surface area contributed by atoms with Crippen molar-refractivity contribution in [3.8, 4) is 5.75 Å². The lowest BCUT2D eigenvalue weighted by atomic mass is 9.97. The van der Waals surface area contributed by atoms with Crippen LogP contribution in [0.2, 0.25) is 0 Å². The number of ether oxygens (including phenoxy) is 1. The van der Waals surface area contributed by atoms with Gasteiger partial charge in [0, 0.05) is 31.0 Å². The van der Waals surface area contributed by atoms with E-state index in [9.17, 15) is 18.0 Å². The molecule has 1 aliphatic heterocycles. The number of amides is 1. The lowest BCUT2D eigenvalue weighted by Gasteiger charge is -2.32. The number of alkyl halides is 3. The average molecular weight is 392 g/mol. The van der Waals surface area contributed by atoms with E-state index in [0.29, 0.717) is 31.2 Å². The largest absolute Gasteiger partial charge is 0.493 e. The van der Waals surface area contributed by atoms with Crippen molar-refractivity contribution in [3.05, 3.63) is 59.4 Å². The summed E-state index contributed by atoms with van der Waals surface area (Å²) in [7, 11) is 0. The number of carbonyl (C=O) groups excluding carboxylic acids is 1. The number of aromatic nitrogens is 1. The first-order valence-corrected chi connectivity index (χ1v) is 9.30. The second-order valence-corrected chi connectivity index (χ2v) is 7.14. The fourth-order valence-corrected chi connectivity index (χ4v) is 3.27. The summed E-state index contributed by atoms with van der Waals surface area (Å²) in [5.74, 6) is 1.13. The minimum Gasteiger partial charge on any atom is -0.493 e. The number of piperidine rings is 1. The molecule has 0 bridgehead atoms. The monoisotopic (exact) mass is 392 g/mol. The Kier molecular flexibility index (Phi) is 6.21. The van der Waals surface area contributed by atoms with Gasteiger partial charge in [-0.2, -0.15) is 13.2 Å². The number of aryl methyl sites for hydroxylation is 1. The van der Waals surface area contributed by atoms with Gasteiger partial charge in [0.15, 0.2) is 0 Å². The van der Waals surface area contributed by atoms with Crippen LogP contribution in [0.5, 0.6) is 5.75 Å². The van der Waals surface area contributed by atoms with E-state index in [4.69, 9.17) is 4.74 Å². The number of hydrogen-bond donors (Lipinski definition) is 0. The Labute approximate surface area is 162 Å². The zero-order valence-electron chi connectivity index (χ0n) is 15.7. The Morgan fingerprint density at radius 1 is 1.18 bits per heavy atom. The van der Waals surface area contributed by atoms with Crippen molar-refractivity contribution in [3.63, 3.8) is 0 Å². The summed E-state index contributed by atoms with van der Waals surface area (Å²) in [6.45, 7) is 3.80. The predicted octanol–water partition coefficient (Wildman–Crippen LogP) is 4.27. The molecule has 4 nitrogen and oxygen atoms in total. The molecule has 1 aliphatic rings. The highest BCUT2D eigenvalue weighted by atomic mass is 19.4. The van der Waals surface area contributed by atoms with Gasteiger partial charge in [-0.25, -0.2) is 0 Å². The van der Waals surface area contributed by atoms with E-state index in [1.165, 1.54) is 12.1 Å². The fraction of sp³-hybridized carbons (Fsp3) is 0.429. The van der Waals surface area contributed by atoms with Gasteiger partial charge in [-0.05, 0) is 49.4 Å². The third kappa shape index (κ3) is 5.47. The quantitative estimate of drug-likeness (QED) is 0.763. The van der Waals surface area contributed by atoms with Crippen LogP contribution in [-0.4, -0.2) is 35.5 Å². The summed E-state index contributed by atoms with van der Waals surface area (Å²) < 4.78 is 43.7. The minimum absolute atomic E-state index is 0.0520. The van der Waals surface area contributed by atoms with Crippen LogP contribution in [0.4, 0.5) is 13.2 Å². The molecule has 1 aromatic heterocycles. The number of nitrogens with zero attached hydrogens (tertiary/aromatic N) is 2. The van der Waals surface area contributed by atoms with E-state index in [2.05, 4.69) is 4.98 Å². The summed E-state index contributed by atoms with van der Waals surface area (Å²) >= 11 is 0. The van der Waals surface area contributed by atoms with Gasteiger partial charge in [0.1, 0.15) is 5.75 Å². The first-order chi connectivity index (χ1) is 13.3. The SMILES string of the molecule is Cc1cc(OCC2CCN(C(=O)Cc3ccc(C(F)(F)F)cc3)CC2)ccn1. The lowest BCUT2D eigenvalue weighted by molar-refractivity contribution is -0.137. The highest BCUT2D eigenvalue weighted by Crippen LogP contribution is 2.29. The van der Waals surface area contributed by atoms with E-state index in [1.54, 1.807) is 11.1 Å². The van der Waals surface area contributed by atoms with E-state index >= 15 is 0 Å². The van der Waals surface area contributed by atoms with Crippen LogP contribution < -0.4 is 4.74 Å². The van der Waals surface area contributed by atoms with Crippen LogP contribution in [0, 0.1) is 12.8 Å². The smallest absolute Gasteiger partial charge is 0.416 e. The maximum absolute atomic E-state index is 12.6. The lowest BCUT2D eigenvalue weighted by Crippen LogP contribution is -2.40. The molecule has 0 aliphatic carbocycles. The van der Waals surface area contributed by atoms with Gasteiger partial charge in [0.25, 0.3) is 0 Å². The minimum atomic E-state index is -4.36. The Morgan fingerprint density at radius 3 is 2.46 bits per heavy atom. The van der Waals surface area contributed by atoms with Crippen molar-refractivity contribution in [2.24, 2.45) is 5.92 Å². The summed E-state index contributed by atoms with van der Waals surface area (Å²) in [6, 6.07) is 8.51. The van der Waals surface area contributed by atoms with Crippen LogP contribution in [0.15, 0.2) is 42.6 Å². The summed E-state index contributed by atoms with van der Waals surface area (Å²) in [4.78, 5) is 18.4. The molecule has 1 saturated heterocycles. The van der Waals surface area contributed by atoms with E-state index in [0.717, 1.165) is 36.4 Å². The molecule has 0 spiro atoms. The van der Waals surface area contributed by atoms with Crippen LogP contribution in [-0.2, 0) is 17.4 Å². The van der Waals surface area contributed by atoms with E-state index in [1.807, 2.05) is 19.1 Å². The van der Waals surface area contributed by atoms with Crippen molar-refractivity contribution in [1.29, 1.82) is 0 Å². The first-order valence-electron chi connectivity index (χ1n) is 9.30. The summed E-state index contributed by atoms with van der Waals surface area (Å²) in [5, 5.41) is 0. The molecule has 1 amide bonds. The summed E-state index contributed by atoms with van der Waals surface area (Å²) in [6.07, 6.45) is -0.824. The molecule has 7 heteroatoms. The van der Waals surface area contributed by atoms with Crippen LogP contribution >= 0.6 is 0 Å². The highest BCUT2D eigenvalue weighted by molar-refractivity contribution is 5.78. The van der Waals surface area contributed by atoms with Crippen molar-refractivity contribution in [2.75, 3.05) is 19.7 Å². The van der Waals surface area contributed by atoms with Gasteiger partial charge in [-0.15, -0.1) is 0 Å². The molecule has 0 radical (unpaired) electrons. The second kappa shape index (κ2) is 8.63. The molecule has 0 atom stereocenters. The van der Waals surface area contributed by atoms with Crippen LogP contribution in [0.3, 0.4) is 0 Å². The van der Waals surface area contributed by atoms with Gasteiger partial charge in [-0.3, -0.25) is 9.78 Å². The molecule has 0 saturated carbocycles. The van der Waals surface area contributed by atoms with Gasteiger partial charge in [0.05, 0.1) is 18.6 Å². The number of halogens is 3. The Balaban J connectivity index is 1.44. The number of carbonyl (C=O) groups is 1. The molecule has 0 N–H and O–H groups in total. The zero-order valence-corrected chi connectivity index (χ0v) is 15.7. The Hall–Kier alpha value is -2.57. The Bertz CT molecular complexity index is 798. The number of likely N-dealkylation sites (tertiary alicyclic amines) is 1. The van der Waals surface area contributed by atoms with Crippen molar-refractivity contribution < 1.29 is 22.7 Å². The molecule has 150 valence electrons. The molecule has 28 heavy (non-hydrogen) atoms. The van der Waals surface area contributed by atoms with Gasteiger partial charge >= 0.3 is 6.18 Å². The molecule has 3 rings (SSSR count). The molecule has 0 unspecified atom stereocenters. The molecule has 2 heterocycles. The van der Waals surface area contributed by atoms with Gasteiger partial charge in [0.2, 0.25) is 5.91 Å². The fourth-order valence-electron chi connectivity index (χ4n) is 3.27. The molecular formula is C21H23F3N2O2. The average Bonchev–Trinajstić information content (AvgIpc) is 2.66. The highest BCUT2D eigenvalue weighted by Gasteiger charge is 2.30.